The van der Waals surface area contributed by atoms with E-state index in [1.807, 2.05) is 12.1 Å². The lowest BCUT2D eigenvalue weighted by Gasteiger charge is -1.99. The summed E-state index contributed by atoms with van der Waals surface area (Å²) < 4.78 is 1.57. The molecule has 2 rings (SSSR count). The number of nitriles is 1. The van der Waals surface area contributed by atoms with Gasteiger partial charge in [0, 0.05) is 11.8 Å². The van der Waals surface area contributed by atoms with Gasteiger partial charge >= 0.3 is 0 Å². The smallest absolute Gasteiger partial charge is 0.128 e. The Morgan fingerprint density at radius 1 is 1.25 bits per heavy atom. The molecule has 3 nitrogen and oxygen atoms in total. The molecule has 0 radical (unpaired) electrons. The van der Waals surface area contributed by atoms with Crippen molar-refractivity contribution in [1.29, 1.82) is 5.26 Å². The molecule has 0 fully saturated rings. The normalized spacial score (nSPS) is 10.1. The van der Waals surface area contributed by atoms with Gasteiger partial charge in [-0.05, 0) is 17.7 Å². The number of aromatic nitrogens is 2. The van der Waals surface area contributed by atoms with Gasteiger partial charge in [0.1, 0.15) is 6.54 Å². The van der Waals surface area contributed by atoms with Crippen LogP contribution in [0.15, 0.2) is 30.6 Å². The molecule has 5 heteroatoms. The van der Waals surface area contributed by atoms with Crippen LogP contribution in [0.4, 0.5) is 0 Å². The maximum absolute atomic E-state index is 8.53. The molecule has 0 aliphatic rings. The molecule has 0 spiro atoms. The fourth-order valence-electron chi connectivity index (χ4n) is 1.35. The second-order valence-electron chi connectivity index (χ2n) is 3.21. The van der Waals surface area contributed by atoms with Gasteiger partial charge in [-0.3, -0.25) is 4.68 Å². The van der Waals surface area contributed by atoms with Gasteiger partial charge in [0.25, 0.3) is 0 Å². The highest BCUT2D eigenvalue weighted by molar-refractivity contribution is 6.42. The molecule has 16 heavy (non-hydrogen) atoms. The van der Waals surface area contributed by atoms with Crippen molar-refractivity contribution in [2.75, 3.05) is 0 Å². The lowest BCUT2D eigenvalue weighted by atomic mass is 10.1. The van der Waals surface area contributed by atoms with E-state index in [9.17, 15) is 0 Å². The minimum absolute atomic E-state index is 0.237. The summed E-state index contributed by atoms with van der Waals surface area (Å²) in [6, 6.07) is 7.40. The third-order valence-electron chi connectivity index (χ3n) is 2.12. The third kappa shape index (κ3) is 2.19. The highest BCUT2D eigenvalue weighted by atomic mass is 35.5. The van der Waals surface area contributed by atoms with Gasteiger partial charge in [0.2, 0.25) is 0 Å². The lowest BCUT2D eigenvalue weighted by molar-refractivity contribution is 0.710. The first-order valence-electron chi connectivity index (χ1n) is 4.55. The average molecular weight is 252 g/mol. The number of rotatable bonds is 2. The van der Waals surface area contributed by atoms with E-state index < -0.39 is 0 Å². The van der Waals surface area contributed by atoms with Crippen LogP contribution in [0, 0.1) is 11.3 Å². The van der Waals surface area contributed by atoms with Crippen molar-refractivity contribution in [3.8, 4) is 17.2 Å². The van der Waals surface area contributed by atoms with Crippen LogP contribution >= 0.6 is 23.2 Å². The van der Waals surface area contributed by atoms with Crippen LogP contribution < -0.4 is 0 Å². The van der Waals surface area contributed by atoms with Gasteiger partial charge in [-0.25, -0.2) is 0 Å². The first-order valence-corrected chi connectivity index (χ1v) is 5.31. The second-order valence-corrected chi connectivity index (χ2v) is 4.03. The van der Waals surface area contributed by atoms with Crippen molar-refractivity contribution in [2.24, 2.45) is 0 Å². The summed E-state index contributed by atoms with van der Waals surface area (Å²) in [6.07, 6.45) is 3.49. The van der Waals surface area contributed by atoms with Crippen LogP contribution in [-0.4, -0.2) is 9.78 Å². The van der Waals surface area contributed by atoms with Crippen molar-refractivity contribution in [2.45, 2.75) is 6.54 Å². The van der Waals surface area contributed by atoms with Crippen molar-refractivity contribution >= 4 is 23.2 Å². The maximum Gasteiger partial charge on any atom is 0.128 e. The minimum Gasteiger partial charge on any atom is -0.258 e. The Hall–Kier alpha value is -1.50. The molecule has 0 atom stereocenters. The molecule has 0 amide bonds. The van der Waals surface area contributed by atoms with E-state index in [4.69, 9.17) is 28.5 Å². The van der Waals surface area contributed by atoms with Crippen LogP contribution in [0.3, 0.4) is 0 Å². The van der Waals surface area contributed by atoms with E-state index >= 15 is 0 Å². The van der Waals surface area contributed by atoms with E-state index in [0.29, 0.717) is 10.0 Å². The molecule has 2 aromatic rings. The quantitative estimate of drug-likeness (QED) is 0.822. The largest absolute Gasteiger partial charge is 0.258 e. The summed E-state index contributed by atoms with van der Waals surface area (Å²) in [5, 5.41) is 13.6. The molecule has 1 heterocycles. The topological polar surface area (TPSA) is 41.6 Å². The SMILES string of the molecule is N#CCn1cc(-c2ccc(Cl)c(Cl)c2)cn1. The van der Waals surface area contributed by atoms with E-state index in [2.05, 4.69) is 5.10 Å². The first-order chi connectivity index (χ1) is 7.70. The summed E-state index contributed by atoms with van der Waals surface area (Å²) in [4.78, 5) is 0. The Morgan fingerprint density at radius 3 is 2.75 bits per heavy atom. The van der Waals surface area contributed by atoms with Crippen molar-refractivity contribution < 1.29 is 0 Å². The molecule has 0 bridgehead atoms. The summed E-state index contributed by atoms with van der Waals surface area (Å²) in [7, 11) is 0. The van der Waals surface area contributed by atoms with Crippen LogP contribution in [0.2, 0.25) is 10.0 Å². The first kappa shape index (κ1) is 11.0. The minimum atomic E-state index is 0.237. The monoisotopic (exact) mass is 251 g/mol. The number of hydrogen-bond donors (Lipinski definition) is 0. The lowest BCUT2D eigenvalue weighted by Crippen LogP contribution is -1.93. The molecule has 1 aromatic heterocycles. The van der Waals surface area contributed by atoms with Crippen molar-refractivity contribution in [3.63, 3.8) is 0 Å². The van der Waals surface area contributed by atoms with Crippen LogP contribution in [0.25, 0.3) is 11.1 Å². The summed E-state index contributed by atoms with van der Waals surface area (Å²) in [5.41, 5.74) is 1.84. The van der Waals surface area contributed by atoms with E-state index in [-0.39, 0.29) is 6.54 Å². The van der Waals surface area contributed by atoms with Crippen LogP contribution in [-0.2, 0) is 6.54 Å². The number of hydrogen-bond acceptors (Lipinski definition) is 2. The third-order valence-corrected chi connectivity index (χ3v) is 2.86. The fourth-order valence-corrected chi connectivity index (χ4v) is 1.65. The van der Waals surface area contributed by atoms with Gasteiger partial charge in [-0.2, -0.15) is 10.4 Å². The Labute approximate surface area is 103 Å². The average Bonchev–Trinajstić information content (AvgIpc) is 2.71. The zero-order chi connectivity index (χ0) is 11.5. The molecular formula is C11H7Cl2N3. The van der Waals surface area contributed by atoms with Crippen LogP contribution in [0.5, 0.6) is 0 Å². The molecule has 0 aliphatic heterocycles. The second kappa shape index (κ2) is 4.56. The van der Waals surface area contributed by atoms with Gasteiger partial charge < -0.3 is 0 Å². The predicted molar refractivity (Wildman–Crippen MR) is 63.3 cm³/mol. The number of benzene rings is 1. The summed E-state index contributed by atoms with van der Waals surface area (Å²) >= 11 is 11.7. The zero-order valence-corrected chi connectivity index (χ0v) is 9.70. The van der Waals surface area contributed by atoms with Gasteiger partial charge in [-0.1, -0.05) is 29.3 Å². The molecule has 0 saturated heterocycles. The van der Waals surface area contributed by atoms with E-state index in [1.54, 1.807) is 29.2 Å². The highest BCUT2D eigenvalue weighted by Crippen LogP contribution is 2.28. The van der Waals surface area contributed by atoms with Crippen LogP contribution in [0.1, 0.15) is 0 Å². The Kier molecular flexibility index (Phi) is 3.14. The van der Waals surface area contributed by atoms with Gasteiger partial charge in [-0.15, -0.1) is 0 Å². The molecule has 0 unspecified atom stereocenters. The molecule has 0 N–H and O–H groups in total. The summed E-state index contributed by atoms with van der Waals surface area (Å²) in [6.45, 7) is 0.237. The van der Waals surface area contributed by atoms with Crippen molar-refractivity contribution in [3.05, 3.63) is 40.6 Å². The molecular weight excluding hydrogens is 245 g/mol. The predicted octanol–water partition coefficient (Wildman–Crippen LogP) is 3.38. The van der Waals surface area contributed by atoms with Gasteiger partial charge in [0.15, 0.2) is 0 Å². The van der Waals surface area contributed by atoms with E-state index in [0.717, 1.165) is 11.1 Å². The molecule has 0 saturated carbocycles. The standard InChI is InChI=1S/C11H7Cl2N3/c12-10-2-1-8(5-11(10)13)9-6-15-16(7-9)4-3-14/h1-2,5-7H,4H2. The Balaban J connectivity index is 2.36. The van der Waals surface area contributed by atoms with E-state index in [1.165, 1.54) is 0 Å². The summed E-state index contributed by atoms with van der Waals surface area (Å²) in [5.74, 6) is 0. The number of halogens is 2. The zero-order valence-electron chi connectivity index (χ0n) is 8.19. The molecule has 80 valence electrons. The maximum atomic E-state index is 8.53. The Bertz CT molecular complexity index is 555. The van der Waals surface area contributed by atoms with Gasteiger partial charge in [0.05, 0.1) is 22.3 Å². The molecule has 0 aliphatic carbocycles. The fraction of sp³-hybridized carbons (Fsp3) is 0.0909. The number of nitrogens with zero attached hydrogens (tertiary/aromatic N) is 3. The Morgan fingerprint density at radius 2 is 2.06 bits per heavy atom. The highest BCUT2D eigenvalue weighted by Gasteiger charge is 2.04. The molecule has 1 aromatic carbocycles. The van der Waals surface area contributed by atoms with Crippen molar-refractivity contribution in [1.82, 2.24) is 9.78 Å².